The van der Waals surface area contributed by atoms with Crippen molar-refractivity contribution >= 4 is 28.1 Å². The fourth-order valence-electron chi connectivity index (χ4n) is 3.38. The number of amides is 2. The first-order valence-corrected chi connectivity index (χ1v) is 10.2. The van der Waals surface area contributed by atoms with Crippen LogP contribution < -0.4 is 5.32 Å². The fourth-order valence-corrected chi connectivity index (χ4v) is 4.25. The van der Waals surface area contributed by atoms with Crippen LogP contribution in [-0.2, 0) is 16.0 Å². The molecule has 1 N–H and O–H groups in total. The van der Waals surface area contributed by atoms with Gasteiger partial charge in [0.15, 0.2) is 4.96 Å². The number of hydrogen-bond acceptors (Lipinski definition) is 4. The van der Waals surface area contributed by atoms with Crippen molar-refractivity contribution in [3.63, 3.8) is 0 Å². The SMILES string of the molecule is O=C(Cc1csc2nc(-c3ccc(F)cc3)cn12)NCCCN1CCCC1=O. The molecule has 0 radical (unpaired) electrons. The van der Waals surface area contributed by atoms with Gasteiger partial charge in [-0.1, -0.05) is 0 Å². The van der Waals surface area contributed by atoms with Gasteiger partial charge < -0.3 is 10.2 Å². The van der Waals surface area contributed by atoms with Gasteiger partial charge >= 0.3 is 0 Å². The zero-order valence-corrected chi connectivity index (χ0v) is 16.2. The van der Waals surface area contributed by atoms with E-state index in [4.69, 9.17) is 0 Å². The molecule has 0 saturated carbocycles. The highest BCUT2D eigenvalue weighted by Gasteiger charge is 2.19. The molecule has 0 bridgehead atoms. The molecular weight excluding hydrogens is 379 g/mol. The van der Waals surface area contributed by atoms with E-state index in [0.717, 1.165) is 41.3 Å². The van der Waals surface area contributed by atoms with Crippen LogP contribution in [0.25, 0.3) is 16.2 Å². The number of halogens is 1. The minimum atomic E-state index is -0.281. The largest absolute Gasteiger partial charge is 0.356 e. The quantitative estimate of drug-likeness (QED) is 0.620. The first kappa shape index (κ1) is 18.6. The molecular formula is C20H21FN4O2S. The maximum absolute atomic E-state index is 13.1. The maximum atomic E-state index is 13.1. The zero-order chi connectivity index (χ0) is 19.5. The van der Waals surface area contributed by atoms with Gasteiger partial charge in [0.25, 0.3) is 0 Å². The van der Waals surface area contributed by atoms with Gasteiger partial charge in [-0.25, -0.2) is 9.37 Å². The number of benzene rings is 1. The second-order valence-corrected chi connectivity index (χ2v) is 7.71. The van der Waals surface area contributed by atoms with Gasteiger partial charge in [-0.15, -0.1) is 11.3 Å². The van der Waals surface area contributed by atoms with Crippen LogP contribution in [0.15, 0.2) is 35.8 Å². The van der Waals surface area contributed by atoms with Gasteiger partial charge in [-0.3, -0.25) is 14.0 Å². The normalized spacial score (nSPS) is 14.2. The molecule has 1 fully saturated rings. The van der Waals surface area contributed by atoms with E-state index in [1.165, 1.54) is 23.5 Å². The number of carbonyl (C=O) groups is 2. The minimum absolute atomic E-state index is 0.0514. The number of thiazole rings is 1. The summed E-state index contributed by atoms with van der Waals surface area (Å²) in [5.41, 5.74) is 2.46. The van der Waals surface area contributed by atoms with Crippen molar-refractivity contribution in [3.05, 3.63) is 47.4 Å². The Labute approximate surface area is 166 Å². The fraction of sp³-hybridized carbons (Fsp3) is 0.350. The van der Waals surface area contributed by atoms with Crippen LogP contribution >= 0.6 is 11.3 Å². The lowest BCUT2D eigenvalue weighted by atomic mass is 10.2. The molecule has 0 atom stereocenters. The van der Waals surface area contributed by atoms with Crippen LogP contribution in [0.2, 0.25) is 0 Å². The van der Waals surface area contributed by atoms with Crippen LogP contribution in [0.3, 0.4) is 0 Å². The van der Waals surface area contributed by atoms with Gasteiger partial charge in [0.1, 0.15) is 5.82 Å². The van der Waals surface area contributed by atoms with Crippen molar-refractivity contribution in [1.29, 1.82) is 0 Å². The molecule has 6 nitrogen and oxygen atoms in total. The van der Waals surface area contributed by atoms with Crippen LogP contribution in [0.4, 0.5) is 4.39 Å². The molecule has 1 aliphatic rings. The number of carbonyl (C=O) groups excluding carboxylic acids is 2. The average Bonchev–Trinajstić information content (AvgIpc) is 3.37. The molecule has 0 unspecified atom stereocenters. The molecule has 1 saturated heterocycles. The summed E-state index contributed by atoms with van der Waals surface area (Å²) in [4.78, 5) is 31.1. The van der Waals surface area contributed by atoms with E-state index in [0.29, 0.717) is 19.5 Å². The van der Waals surface area contributed by atoms with Crippen molar-refractivity contribution in [2.45, 2.75) is 25.7 Å². The number of nitrogens with one attached hydrogen (secondary N) is 1. The molecule has 2 amide bonds. The number of aromatic nitrogens is 2. The summed E-state index contributed by atoms with van der Waals surface area (Å²) in [6.45, 7) is 2.09. The van der Waals surface area contributed by atoms with Crippen molar-refractivity contribution in [2.75, 3.05) is 19.6 Å². The van der Waals surface area contributed by atoms with Gasteiger partial charge in [0.2, 0.25) is 11.8 Å². The topological polar surface area (TPSA) is 66.7 Å². The third kappa shape index (κ3) is 4.06. The number of likely N-dealkylation sites (tertiary alicyclic amines) is 1. The molecule has 146 valence electrons. The zero-order valence-electron chi connectivity index (χ0n) is 15.4. The number of fused-ring (bicyclic) bond motifs is 1. The number of rotatable bonds is 7. The highest BCUT2D eigenvalue weighted by Crippen LogP contribution is 2.24. The van der Waals surface area contributed by atoms with Crippen LogP contribution in [0.1, 0.15) is 25.0 Å². The van der Waals surface area contributed by atoms with E-state index in [-0.39, 0.29) is 24.1 Å². The van der Waals surface area contributed by atoms with E-state index >= 15 is 0 Å². The Kier molecular flexibility index (Phi) is 5.38. The Hall–Kier alpha value is -2.74. The summed E-state index contributed by atoms with van der Waals surface area (Å²) in [6, 6.07) is 6.21. The van der Waals surface area contributed by atoms with Crippen LogP contribution in [-0.4, -0.2) is 45.7 Å². The number of hydrogen-bond donors (Lipinski definition) is 1. The summed E-state index contributed by atoms with van der Waals surface area (Å²) in [5.74, 6) is -0.121. The van der Waals surface area contributed by atoms with E-state index in [9.17, 15) is 14.0 Å². The van der Waals surface area contributed by atoms with Crippen molar-refractivity contribution in [1.82, 2.24) is 19.6 Å². The van der Waals surface area contributed by atoms with E-state index in [1.54, 1.807) is 12.1 Å². The molecule has 4 rings (SSSR count). The molecule has 2 aromatic heterocycles. The predicted molar refractivity (Wildman–Crippen MR) is 106 cm³/mol. The lowest BCUT2D eigenvalue weighted by molar-refractivity contribution is -0.127. The average molecular weight is 400 g/mol. The Morgan fingerprint density at radius 2 is 2.11 bits per heavy atom. The first-order chi connectivity index (χ1) is 13.6. The highest BCUT2D eigenvalue weighted by molar-refractivity contribution is 7.15. The third-order valence-corrected chi connectivity index (χ3v) is 5.75. The summed E-state index contributed by atoms with van der Waals surface area (Å²) in [7, 11) is 0. The Morgan fingerprint density at radius 3 is 2.86 bits per heavy atom. The second-order valence-electron chi connectivity index (χ2n) is 6.88. The molecule has 0 aliphatic carbocycles. The van der Waals surface area contributed by atoms with Crippen molar-refractivity contribution < 1.29 is 14.0 Å². The molecule has 3 aromatic rings. The van der Waals surface area contributed by atoms with Gasteiger partial charge in [-0.2, -0.15) is 0 Å². The third-order valence-electron chi connectivity index (χ3n) is 4.86. The Bertz CT molecular complexity index is 995. The maximum Gasteiger partial charge on any atom is 0.225 e. The van der Waals surface area contributed by atoms with Gasteiger partial charge in [-0.05, 0) is 37.1 Å². The monoisotopic (exact) mass is 400 g/mol. The predicted octanol–water partition coefficient (Wildman–Crippen LogP) is 2.87. The minimum Gasteiger partial charge on any atom is -0.356 e. The van der Waals surface area contributed by atoms with Crippen LogP contribution in [0, 0.1) is 5.82 Å². The molecule has 8 heteroatoms. The van der Waals surface area contributed by atoms with Crippen molar-refractivity contribution in [2.24, 2.45) is 0 Å². The van der Waals surface area contributed by atoms with Crippen molar-refractivity contribution in [3.8, 4) is 11.3 Å². The van der Waals surface area contributed by atoms with E-state index in [1.807, 2.05) is 20.9 Å². The first-order valence-electron chi connectivity index (χ1n) is 9.36. The standard InChI is InChI=1S/C20H21FN4O2S/c21-15-6-4-14(5-7-15)17-12-25-16(13-28-20(25)23-17)11-18(26)22-8-2-10-24-9-1-3-19(24)27/h4-7,12-13H,1-3,8-11H2,(H,22,26). The number of imidazole rings is 1. The lowest BCUT2D eigenvalue weighted by Gasteiger charge is -2.15. The smallest absolute Gasteiger partial charge is 0.225 e. The molecule has 3 heterocycles. The molecule has 1 aromatic carbocycles. The Morgan fingerprint density at radius 1 is 1.29 bits per heavy atom. The van der Waals surface area contributed by atoms with Crippen LogP contribution in [0.5, 0.6) is 0 Å². The summed E-state index contributed by atoms with van der Waals surface area (Å²) in [6.07, 6.45) is 4.48. The molecule has 28 heavy (non-hydrogen) atoms. The molecule has 1 aliphatic heterocycles. The summed E-state index contributed by atoms with van der Waals surface area (Å²) in [5, 5.41) is 4.85. The van der Waals surface area contributed by atoms with E-state index < -0.39 is 0 Å². The second kappa shape index (κ2) is 8.10. The number of nitrogens with zero attached hydrogens (tertiary/aromatic N) is 3. The molecule has 0 spiro atoms. The van der Waals surface area contributed by atoms with Gasteiger partial charge in [0, 0.05) is 48.9 Å². The highest BCUT2D eigenvalue weighted by atomic mass is 32.1. The van der Waals surface area contributed by atoms with E-state index in [2.05, 4.69) is 10.3 Å². The Balaban J connectivity index is 1.33. The van der Waals surface area contributed by atoms with Gasteiger partial charge in [0.05, 0.1) is 12.1 Å². The summed E-state index contributed by atoms with van der Waals surface area (Å²) >= 11 is 1.47. The summed E-state index contributed by atoms with van der Waals surface area (Å²) < 4.78 is 15.0. The lowest BCUT2D eigenvalue weighted by Crippen LogP contribution is -2.31.